The van der Waals surface area contributed by atoms with E-state index in [-0.39, 0.29) is 36.9 Å². The summed E-state index contributed by atoms with van der Waals surface area (Å²) in [6.45, 7) is 12.3. The van der Waals surface area contributed by atoms with E-state index >= 15 is 0 Å². The first-order chi connectivity index (χ1) is 15.4. The molecule has 2 fully saturated rings. The van der Waals surface area contributed by atoms with Crippen molar-refractivity contribution in [2.75, 3.05) is 19.8 Å². The van der Waals surface area contributed by atoms with Crippen LogP contribution in [0.4, 0.5) is 0 Å². The molecule has 8 heteroatoms. The van der Waals surface area contributed by atoms with Crippen LogP contribution < -0.4 is 0 Å². The molecule has 0 aromatic carbocycles. The maximum atomic E-state index is 14.2. The lowest BCUT2D eigenvalue weighted by Crippen LogP contribution is -2.60. The fraction of sp³-hybridized carbons (Fsp3) is 0.720. The average molecular weight is 477 g/mol. The van der Waals surface area contributed by atoms with Gasteiger partial charge in [0.15, 0.2) is 0 Å². The van der Waals surface area contributed by atoms with E-state index in [4.69, 9.17) is 4.74 Å². The molecule has 7 nitrogen and oxygen atoms in total. The third-order valence-electron chi connectivity index (χ3n) is 7.58. The minimum absolute atomic E-state index is 0.0569. The highest BCUT2D eigenvalue weighted by Gasteiger charge is 2.74. The Balaban J connectivity index is 1.94. The van der Waals surface area contributed by atoms with E-state index in [9.17, 15) is 19.5 Å². The first kappa shape index (κ1) is 24.3. The summed E-state index contributed by atoms with van der Waals surface area (Å²) in [5.74, 6) is -2.25. The number of fused-ring (bicyclic) bond motifs is 2. The summed E-state index contributed by atoms with van der Waals surface area (Å²) in [7, 11) is 0. The van der Waals surface area contributed by atoms with E-state index in [0.717, 1.165) is 0 Å². The van der Waals surface area contributed by atoms with Crippen molar-refractivity contribution < 1.29 is 24.2 Å². The largest absolute Gasteiger partial charge is 0.465 e. The molecule has 2 amide bonds. The number of amides is 2. The molecule has 0 aliphatic carbocycles. The number of esters is 1. The van der Waals surface area contributed by atoms with Crippen LogP contribution in [0, 0.1) is 17.8 Å². The number of ether oxygens (including phenoxy) is 1. The molecule has 0 aromatic rings. The van der Waals surface area contributed by atoms with Gasteiger partial charge in [-0.05, 0) is 40.0 Å². The van der Waals surface area contributed by atoms with Gasteiger partial charge in [0.25, 0.3) is 0 Å². The van der Waals surface area contributed by atoms with Gasteiger partial charge in [-0.3, -0.25) is 14.4 Å². The minimum atomic E-state index is -0.913. The number of thioether (sulfide) groups is 1. The fourth-order valence-corrected chi connectivity index (χ4v) is 8.15. The van der Waals surface area contributed by atoms with Gasteiger partial charge in [-0.1, -0.05) is 38.2 Å². The number of likely N-dealkylation sites (tertiary alicyclic amines) is 1. The Kier molecular flexibility index (Phi) is 6.01. The molecule has 1 N–H and O–H groups in total. The number of carbonyl (C=O) groups is 3. The maximum absolute atomic E-state index is 14.2. The van der Waals surface area contributed by atoms with Crippen LogP contribution >= 0.6 is 11.8 Å². The van der Waals surface area contributed by atoms with Crippen molar-refractivity contribution in [3.05, 3.63) is 24.3 Å². The third kappa shape index (κ3) is 3.55. The van der Waals surface area contributed by atoms with E-state index in [1.165, 1.54) is 11.8 Å². The Morgan fingerprint density at radius 3 is 2.45 bits per heavy atom. The van der Waals surface area contributed by atoms with E-state index in [1.54, 1.807) is 9.80 Å². The van der Waals surface area contributed by atoms with Crippen molar-refractivity contribution in [2.24, 2.45) is 17.8 Å². The highest BCUT2D eigenvalue weighted by molar-refractivity contribution is 8.02. The molecule has 182 valence electrons. The molecule has 4 aliphatic rings. The lowest BCUT2D eigenvalue weighted by atomic mass is 9.74. The van der Waals surface area contributed by atoms with Crippen molar-refractivity contribution in [2.45, 2.75) is 75.1 Å². The summed E-state index contributed by atoms with van der Waals surface area (Å²) in [5, 5.41) is 10.3. The van der Waals surface area contributed by atoms with Crippen molar-refractivity contribution >= 4 is 29.5 Å². The van der Waals surface area contributed by atoms with Crippen LogP contribution in [0.2, 0.25) is 0 Å². The summed E-state index contributed by atoms with van der Waals surface area (Å²) in [6, 6.07) is -1.32. The second-order valence-electron chi connectivity index (χ2n) is 11.1. The molecule has 2 saturated heterocycles. The standard InChI is InChI=1S/C25H36N2O5S/c1-15(2)16(14-28)27-19-21(30)26(23(3,4)5)12-9-11-25(19)17(20(27)29)18-22(31)32-13-8-7-10-24(18,6)33-25/h7,9-11,15-19,28H,8,12-14H2,1-6H3/t16-,17-,18-,19?,24+,25-/m0/s1. The molecule has 6 atom stereocenters. The number of hydrogen-bond donors (Lipinski definition) is 1. The number of hydrogen-bond acceptors (Lipinski definition) is 6. The SMILES string of the molecule is CC(C)[C@H](CO)N1C(=O)[C@@H]2[C@H]3C(=O)OCCC=C[C@@]3(C)S[C@@]23C=CCN(C(C)(C)C)C(=O)C13. The van der Waals surface area contributed by atoms with Gasteiger partial charge < -0.3 is 19.6 Å². The number of aliphatic hydroxyl groups excluding tert-OH is 1. The van der Waals surface area contributed by atoms with E-state index in [0.29, 0.717) is 13.0 Å². The zero-order valence-corrected chi connectivity index (χ0v) is 21.2. The van der Waals surface area contributed by atoms with Crippen LogP contribution in [-0.2, 0) is 19.1 Å². The van der Waals surface area contributed by atoms with Crippen LogP contribution in [0.3, 0.4) is 0 Å². The van der Waals surface area contributed by atoms with Crippen LogP contribution in [0.1, 0.15) is 48.0 Å². The van der Waals surface area contributed by atoms with Gasteiger partial charge in [0.1, 0.15) is 6.04 Å². The maximum Gasteiger partial charge on any atom is 0.311 e. The topological polar surface area (TPSA) is 87.2 Å². The lowest BCUT2D eigenvalue weighted by Gasteiger charge is -2.43. The second-order valence-corrected chi connectivity index (χ2v) is 12.9. The highest BCUT2D eigenvalue weighted by atomic mass is 32.2. The van der Waals surface area contributed by atoms with Gasteiger partial charge in [0, 0.05) is 16.8 Å². The first-order valence-corrected chi connectivity index (χ1v) is 12.7. The Morgan fingerprint density at radius 1 is 1.15 bits per heavy atom. The molecular formula is C25H36N2O5S. The molecule has 4 heterocycles. The van der Waals surface area contributed by atoms with Gasteiger partial charge in [-0.15, -0.1) is 11.8 Å². The van der Waals surface area contributed by atoms with Crippen LogP contribution in [0.15, 0.2) is 24.3 Å². The smallest absolute Gasteiger partial charge is 0.311 e. The Bertz CT molecular complexity index is 909. The second kappa shape index (κ2) is 8.15. The highest BCUT2D eigenvalue weighted by Crippen LogP contribution is 2.65. The number of rotatable bonds is 3. The predicted molar refractivity (Wildman–Crippen MR) is 127 cm³/mol. The predicted octanol–water partition coefficient (Wildman–Crippen LogP) is 2.39. The van der Waals surface area contributed by atoms with E-state index in [2.05, 4.69) is 0 Å². The van der Waals surface area contributed by atoms with Gasteiger partial charge in [0.05, 0.1) is 35.8 Å². The number of cyclic esters (lactones) is 1. The zero-order valence-electron chi connectivity index (χ0n) is 20.4. The van der Waals surface area contributed by atoms with Crippen LogP contribution in [-0.4, -0.2) is 79.6 Å². The molecule has 1 spiro atoms. The van der Waals surface area contributed by atoms with Crippen molar-refractivity contribution in [1.82, 2.24) is 9.80 Å². The van der Waals surface area contributed by atoms with Gasteiger partial charge in [-0.25, -0.2) is 0 Å². The monoisotopic (exact) mass is 476 g/mol. The number of aliphatic hydroxyl groups is 1. The van der Waals surface area contributed by atoms with Crippen molar-refractivity contribution in [3.8, 4) is 0 Å². The van der Waals surface area contributed by atoms with Gasteiger partial charge >= 0.3 is 5.97 Å². The van der Waals surface area contributed by atoms with E-state index < -0.39 is 39.0 Å². The minimum Gasteiger partial charge on any atom is -0.465 e. The lowest BCUT2D eigenvalue weighted by molar-refractivity contribution is -0.155. The van der Waals surface area contributed by atoms with Gasteiger partial charge in [0.2, 0.25) is 11.8 Å². The van der Waals surface area contributed by atoms with Crippen LogP contribution in [0.5, 0.6) is 0 Å². The summed E-state index contributed by atoms with van der Waals surface area (Å²) < 4.78 is 3.97. The Hall–Kier alpha value is -1.80. The van der Waals surface area contributed by atoms with Crippen molar-refractivity contribution in [1.29, 1.82) is 0 Å². The summed E-state index contributed by atoms with van der Waals surface area (Å²) in [5.41, 5.74) is -0.444. The molecule has 33 heavy (non-hydrogen) atoms. The van der Waals surface area contributed by atoms with E-state index in [1.807, 2.05) is 65.8 Å². The molecule has 4 rings (SSSR count). The molecule has 0 bridgehead atoms. The normalized spacial score (nSPS) is 37.3. The fourth-order valence-electron chi connectivity index (χ4n) is 6.01. The Labute approximate surface area is 200 Å². The van der Waals surface area contributed by atoms with Gasteiger partial charge in [-0.2, -0.15) is 0 Å². The zero-order chi connectivity index (χ0) is 24.3. The summed E-state index contributed by atoms with van der Waals surface area (Å²) >= 11 is 1.54. The quantitative estimate of drug-likeness (QED) is 0.497. The average Bonchev–Trinajstić information content (AvgIpc) is 3.01. The summed E-state index contributed by atoms with van der Waals surface area (Å²) in [6.07, 6.45) is 8.64. The molecule has 0 aromatic heterocycles. The molecule has 0 saturated carbocycles. The molecule has 1 unspecified atom stereocenters. The Morgan fingerprint density at radius 2 is 1.85 bits per heavy atom. The van der Waals surface area contributed by atoms with Crippen LogP contribution in [0.25, 0.3) is 0 Å². The van der Waals surface area contributed by atoms with Crippen molar-refractivity contribution in [3.63, 3.8) is 0 Å². The first-order valence-electron chi connectivity index (χ1n) is 11.9. The molecule has 4 aliphatic heterocycles. The molecular weight excluding hydrogens is 440 g/mol. The summed E-state index contributed by atoms with van der Waals surface area (Å²) in [4.78, 5) is 45.1. The number of carbonyl (C=O) groups excluding carboxylic acids is 3. The molecule has 0 radical (unpaired) electrons. The number of nitrogens with zero attached hydrogens (tertiary/aromatic N) is 2. The third-order valence-corrected chi connectivity index (χ3v) is 9.38.